The Morgan fingerprint density at radius 1 is 1.26 bits per heavy atom. The summed E-state index contributed by atoms with van der Waals surface area (Å²) in [5.41, 5.74) is 2.31. The fourth-order valence-electron chi connectivity index (χ4n) is 2.66. The minimum absolute atomic E-state index is 0.0121. The lowest BCUT2D eigenvalue weighted by Gasteiger charge is -2.04. The van der Waals surface area contributed by atoms with E-state index in [2.05, 4.69) is 4.98 Å². The van der Waals surface area contributed by atoms with E-state index in [0.29, 0.717) is 28.9 Å². The molecule has 3 rings (SSSR count). The Morgan fingerprint density at radius 2 is 2.09 bits per heavy atom. The molecule has 116 valence electrons. The van der Waals surface area contributed by atoms with Crippen LogP contribution in [0.4, 0.5) is 5.69 Å². The van der Waals surface area contributed by atoms with E-state index in [1.165, 1.54) is 0 Å². The van der Waals surface area contributed by atoms with Crippen molar-refractivity contribution in [2.75, 3.05) is 7.11 Å². The first-order chi connectivity index (χ1) is 11.1. The Balaban J connectivity index is 2.19. The smallest absolute Gasteiger partial charge is 0.282 e. The number of hydrogen-bond acceptors (Lipinski definition) is 4. The zero-order chi connectivity index (χ0) is 16.4. The van der Waals surface area contributed by atoms with E-state index in [9.17, 15) is 14.9 Å². The van der Waals surface area contributed by atoms with Crippen molar-refractivity contribution >= 4 is 22.9 Å². The quantitative estimate of drug-likeness (QED) is 0.444. The Hall–Kier alpha value is -3.15. The van der Waals surface area contributed by atoms with E-state index in [0.717, 1.165) is 10.9 Å². The SMILES string of the molecule is COc1ccc2[nH]c(-c3cccc(CC=O)c3[N+](=O)[O-])cc2c1. The number of nitrogens with one attached hydrogen (secondary N) is 1. The molecule has 0 atom stereocenters. The minimum atomic E-state index is -0.444. The van der Waals surface area contributed by atoms with Gasteiger partial charge in [-0.2, -0.15) is 0 Å². The monoisotopic (exact) mass is 310 g/mol. The molecule has 0 amide bonds. The molecule has 0 spiro atoms. The number of nitro benzene ring substituents is 1. The zero-order valence-corrected chi connectivity index (χ0v) is 12.4. The predicted molar refractivity (Wildman–Crippen MR) is 86.7 cm³/mol. The second-order valence-corrected chi connectivity index (χ2v) is 5.08. The Labute approximate surface area is 131 Å². The molecule has 3 aromatic rings. The normalized spacial score (nSPS) is 10.7. The lowest BCUT2D eigenvalue weighted by molar-refractivity contribution is -0.384. The Kier molecular flexibility index (Phi) is 3.80. The highest BCUT2D eigenvalue weighted by atomic mass is 16.6. The summed E-state index contributed by atoms with van der Waals surface area (Å²) in [5.74, 6) is 0.715. The van der Waals surface area contributed by atoms with Crippen LogP contribution in [0, 0.1) is 10.1 Å². The minimum Gasteiger partial charge on any atom is -0.497 e. The number of carbonyl (C=O) groups is 1. The highest BCUT2D eigenvalue weighted by Gasteiger charge is 2.21. The first-order valence-corrected chi connectivity index (χ1v) is 7.01. The van der Waals surface area contributed by atoms with Crippen molar-refractivity contribution in [1.29, 1.82) is 0 Å². The summed E-state index contributed by atoms with van der Waals surface area (Å²) in [6.45, 7) is 0. The predicted octanol–water partition coefficient (Wildman–Crippen LogP) is 3.49. The van der Waals surface area contributed by atoms with Gasteiger partial charge in [0.05, 0.1) is 23.3 Å². The molecule has 1 N–H and O–H groups in total. The summed E-state index contributed by atoms with van der Waals surface area (Å²) < 4.78 is 5.19. The van der Waals surface area contributed by atoms with E-state index >= 15 is 0 Å². The summed E-state index contributed by atoms with van der Waals surface area (Å²) in [5, 5.41) is 12.4. The van der Waals surface area contributed by atoms with Crippen LogP contribution in [0.15, 0.2) is 42.5 Å². The third-order valence-corrected chi connectivity index (χ3v) is 3.72. The molecule has 23 heavy (non-hydrogen) atoms. The highest BCUT2D eigenvalue weighted by molar-refractivity contribution is 5.89. The van der Waals surface area contributed by atoms with E-state index in [4.69, 9.17) is 4.74 Å². The largest absolute Gasteiger partial charge is 0.497 e. The molecule has 2 aromatic carbocycles. The van der Waals surface area contributed by atoms with Gasteiger partial charge in [0.15, 0.2) is 0 Å². The number of hydrogen-bond donors (Lipinski definition) is 1. The molecular weight excluding hydrogens is 296 g/mol. The lowest BCUT2D eigenvalue weighted by atomic mass is 10.0. The molecule has 0 saturated heterocycles. The standard InChI is InChI=1S/C17H14N2O4/c1-23-13-5-6-15-12(9-13)10-16(18-15)14-4-2-3-11(7-8-20)17(14)19(21)22/h2-6,8-10,18H,7H2,1H3. The van der Waals surface area contributed by atoms with Crippen LogP contribution >= 0.6 is 0 Å². The molecule has 0 aliphatic heterocycles. The van der Waals surface area contributed by atoms with Gasteiger partial charge < -0.3 is 14.5 Å². The molecule has 6 heteroatoms. The summed E-state index contributed by atoms with van der Waals surface area (Å²) in [6.07, 6.45) is 0.681. The van der Waals surface area contributed by atoms with Gasteiger partial charge in [-0.25, -0.2) is 0 Å². The number of aldehydes is 1. The second-order valence-electron chi connectivity index (χ2n) is 5.08. The molecule has 0 aliphatic carbocycles. The van der Waals surface area contributed by atoms with Crippen LogP contribution in [0.1, 0.15) is 5.56 Å². The van der Waals surface area contributed by atoms with Gasteiger partial charge in [-0.3, -0.25) is 10.1 Å². The van der Waals surface area contributed by atoms with Gasteiger partial charge >= 0.3 is 0 Å². The molecule has 0 aliphatic rings. The Bertz CT molecular complexity index is 899. The molecule has 0 radical (unpaired) electrons. The molecule has 0 fully saturated rings. The fraction of sp³-hybridized carbons (Fsp3) is 0.118. The molecule has 1 heterocycles. The van der Waals surface area contributed by atoms with E-state index in [1.807, 2.05) is 24.3 Å². The van der Waals surface area contributed by atoms with Crippen LogP contribution < -0.4 is 4.74 Å². The number of ether oxygens (including phenoxy) is 1. The van der Waals surface area contributed by atoms with Crippen molar-refractivity contribution in [3.8, 4) is 17.0 Å². The number of aromatic amines is 1. The van der Waals surface area contributed by atoms with Crippen LogP contribution in [-0.4, -0.2) is 23.3 Å². The number of aromatic nitrogens is 1. The third kappa shape index (κ3) is 2.66. The molecular formula is C17H14N2O4. The van der Waals surface area contributed by atoms with E-state index in [-0.39, 0.29) is 12.1 Å². The van der Waals surface area contributed by atoms with Crippen molar-refractivity contribution in [2.24, 2.45) is 0 Å². The molecule has 0 bridgehead atoms. The van der Waals surface area contributed by atoms with E-state index < -0.39 is 4.92 Å². The van der Waals surface area contributed by atoms with Gasteiger partial charge in [-0.15, -0.1) is 0 Å². The third-order valence-electron chi connectivity index (χ3n) is 3.72. The van der Waals surface area contributed by atoms with Gasteiger partial charge in [-0.1, -0.05) is 12.1 Å². The number of carbonyl (C=O) groups excluding carboxylic acids is 1. The van der Waals surface area contributed by atoms with Crippen LogP contribution in [0.25, 0.3) is 22.2 Å². The summed E-state index contributed by atoms with van der Waals surface area (Å²) in [6, 6.07) is 12.4. The van der Waals surface area contributed by atoms with Crippen molar-refractivity contribution in [1.82, 2.24) is 4.98 Å². The van der Waals surface area contributed by atoms with Gasteiger partial charge in [-0.05, 0) is 30.3 Å². The topological polar surface area (TPSA) is 85.2 Å². The summed E-state index contributed by atoms with van der Waals surface area (Å²) in [7, 11) is 1.59. The van der Waals surface area contributed by atoms with Gasteiger partial charge in [0.25, 0.3) is 5.69 Å². The fourth-order valence-corrected chi connectivity index (χ4v) is 2.66. The van der Waals surface area contributed by atoms with Crippen molar-refractivity contribution in [2.45, 2.75) is 6.42 Å². The number of nitro groups is 1. The second kappa shape index (κ2) is 5.92. The average Bonchev–Trinajstić information content (AvgIpc) is 2.97. The first-order valence-electron chi connectivity index (χ1n) is 7.01. The van der Waals surface area contributed by atoms with Gasteiger partial charge in [0.2, 0.25) is 0 Å². The number of nitrogens with zero attached hydrogens (tertiary/aromatic N) is 1. The zero-order valence-electron chi connectivity index (χ0n) is 12.4. The number of fused-ring (bicyclic) bond motifs is 1. The average molecular weight is 310 g/mol. The van der Waals surface area contributed by atoms with E-state index in [1.54, 1.807) is 25.3 Å². The molecule has 6 nitrogen and oxygen atoms in total. The highest BCUT2D eigenvalue weighted by Crippen LogP contribution is 2.35. The molecule has 0 saturated carbocycles. The number of benzene rings is 2. The molecule has 0 unspecified atom stereocenters. The van der Waals surface area contributed by atoms with Crippen molar-refractivity contribution < 1.29 is 14.5 Å². The number of para-hydroxylation sites is 1. The van der Waals surface area contributed by atoms with Crippen LogP contribution in [0.2, 0.25) is 0 Å². The van der Waals surface area contributed by atoms with Crippen LogP contribution in [0.5, 0.6) is 5.75 Å². The maximum absolute atomic E-state index is 11.5. The Morgan fingerprint density at radius 3 is 2.78 bits per heavy atom. The van der Waals surface area contributed by atoms with Gasteiger partial charge in [0, 0.05) is 22.9 Å². The van der Waals surface area contributed by atoms with Crippen molar-refractivity contribution in [3.05, 3.63) is 58.1 Å². The van der Waals surface area contributed by atoms with Crippen LogP contribution in [-0.2, 0) is 11.2 Å². The van der Waals surface area contributed by atoms with Gasteiger partial charge in [0.1, 0.15) is 12.0 Å². The number of rotatable bonds is 5. The number of H-pyrrole nitrogens is 1. The van der Waals surface area contributed by atoms with Crippen LogP contribution in [0.3, 0.4) is 0 Å². The number of methoxy groups -OCH3 is 1. The molecule has 1 aromatic heterocycles. The first kappa shape index (κ1) is 14.8. The summed E-state index contributed by atoms with van der Waals surface area (Å²) >= 11 is 0. The maximum Gasteiger partial charge on any atom is 0.282 e. The maximum atomic E-state index is 11.5. The summed E-state index contributed by atoms with van der Waals surface area (Å²) in [4.78, 5) is 25.0. The lowest BCUT2D eigenvalue weighted by Crippen LogP contribution is -1.99. The van der Waals surface area contributed by atoms with Crippen molar-refractivity contribution in [3.63, 3.8) is 0 Å².